The molecule has 0 radical (unpaired) electrons. The van der Waals surface area contributed by atoms with Gasteiger partial charge in [0.25, 0.3) is 0 Å². The molecule has 0 fully saturated rings. The maximum atomic E-state index is 8.36. The Bertz CT molecular complexity index is 535. The van der Waals surface area contributed by atoms with Crippen LogP contribution in [-0.2, 0) is 0 Å². The summed E-state index contributed by atoms with van der Waals surface area (Å²) in [5, 5.41) is 12.3. The van der Waals surface area contributed by atoms with Gasteiger partial charge in [-0.3, -0.25) is 0 Å². The van der Waals surface area contributed by atoms with Crippen LogP contribution in [0.2, 0.25) is 10.0 Å². The number of hydrogen-bond acceptors (Lipinski definition) is 3. The van der Waals surface area contributed by atoms with Crippen LogP contribution in [0.3, 0.4) is 0 Å². The number of furan rings is 1. The van der Waals surface area contributed by atoms with Crippen molar-refractivity contribution < 1.29 is 9.62 Å². The number of rotatable bonds is 2. The molecular weight excluding hydrogens is 249 g/mol. The van der Waals surface area contributed by atoms with E-state index in [0.717, 1.165) is 5.56 Å². The zero-order chi connectivity index (χ0) is 11.5. The summed E-state index contributed by atoms with van der Waals surface area (Å²) in [7, 11) is 0. The van der Waals surface area contributed by atoms with Crippen molar-refractivity contribution in [2.24, 2.45) is 5.16 Å². The molecular formula is C11H7Cl2NO2. The third kappa shape index (κ3) is 2.21. The van der Waals surface area contributed by atoms with Gasteiger partial charge in [0.1, 0.15) is 17.7 Å². The van der Waals surface area contributed by atoms with E-state index in [2.05, 4.69) is 5.16 Å². The molecule has 0 amide bonds. The molecule has 82 valence electrons. The van der Waals surface area contributed by atoms with E-state index in [1.165, 1.54) is 6.21 Å². The maximum Gasteiger partial charge on any atom is 0.149 e. The molecule has 0 aliphatic rings. The number of hydrogen-bond donors (Lipinski definition) is 1. The molecule has 0 saturated carbocycles. The van der Waals surface area contributed by atoms with E-state index >= 15 is 0 Å². The lowest BCUT2D eigenvalue weighted by atomic mass is 10.2. The van der Waals surface area contributed by atoms with Gasteiger partial charge in [-0.25, -0.2) is 0 Å². The first-order chi connectivity index (χ1) is 7.70. The van der Waals surface area contributed by atoms with Crippen LogP contribution in [0.15, 0.2) is 39.9 Å². The van der Waals surface area contributed by atoms with Gasteiger partial charge >= 0.3 is 0 Å². The Morgan fingerprint density at radius 3 is 2.69 bits per heavy atom. The summed E-state index contributed by atoms with van der Waals surface area (Å²) >= 11 is 11.8. The first kappa shape index (κ1) is 11.0. The van der Waals surface area contributed by atoms with Crippen LogP contribution >= 0.6 is 23.2 Å². The van der Waals surface area contributed by atoms with Gasteiger partial charge in [0.05, 0.1) is 5.02 Å². The summed E-state index contributed by atoms with van der Waals surface area (Å²) in [4.78, 5) is 0. The lowest BCUT2D eigenvalue weighted by Crippen LogP contribution is -1.77. The molecule has 0 atom stereocenters. The highest BCUT2D eigenvalue weighted by molar-refractivity contribution is 6.36. The second kappa shape index (κ2) is 4.60. The molecule has 0 spiro atoms. The highest BCUT2D eigenvalue weighted by Crippen LogP contribution is 2.31. The van der Waals surface area contributed by atoms with E-state index in [0.29, 0.717) is 21.6 Å². The average Bonchev–Trinajstić information content (AvgIpc) is 2.67. The molecule has 0 bridgehead atoms. The minimum Gasteiger partial charge on any atom is -0.455 e. The average molecular weight is 256 g/mol. The number of halogens is 2. The molecule has 5 heteroatoms. The zero-order valence-corrected chi connectivity index (χ0v) is 9.53. The van der Waals surface area contributed by atoms with E-state index in [9.17, 15) is 0 Å². The van der Waals surface area contributed by atoms with Crippen molar-refractivity contribution in [1.82, 2.24) is 0 Å². The first-order valence-corrected chi connectivity index (χ1v) is 5.19. The lowest BCUT2D eigenvalue weighted by Gasteiger charge is -2.00. The van der Waals surface area contributed by atoms with Crippen LogP contribution < -0.4 is 0 Å². The van der Waals surface area contributed by atoms with Crippen molar-refractivity contribution in [2.45, 2.75) is 0 Å². The third-order valence-corrected chi connectivity index (χ3v) is 2.56. The standard InChI is InChI=1S/C11H7Cl2NO2/c12-7-1-3-9(10(13)5-7)11-4-2-8(16-11)6-14-15/h1-6,15H/b14-6+. The number of benzene rings is 1. The van der Waals surface area contributed by atoms with Gasteiger partial charge < -0.3 is 9.62 Å². The van der Waals surface area contributed by atoms with Gasteiger partial charge in [-0.2, -0.15) is 0 Å². The fraction of sp³-hybridized carbons (Fsp3) is 0. The van der Waals surface area contributed by atoms with Crippen molar-refractivity contribution in [2.75, 3.05) is 0 Å². The topological polar surface area (TPSA) is 45.7 Å². The summed E-state index contributed by atoms with van der Waals surface area (Å²) in [6.07, 6.45) is 1.20. The van der Waals surface area contributed by atoms with Gasteiger partial charge in [0.15, 0.2) is 0 Å². The molecule has 1 N–H and O–H groups in total. The monoisotopic (exact) mass is 255 g/mol. The Balaban J connectivity index is 2.42. The van der Waals surface area contributed by atoms with Crippen molar-refractivity contribution in [3.05, 3.63) is 46.1 Å². The van der Waals surface area contributed by atoms with Gasteiger partial charge in [-0.1, -0.05) is 28.4 Å². The normalized spacial score (nSPS) is 11.1. The van der Waals surface area contributed by atoms with E-state index in [4.69, 9.17) is 32.8 Å². The quantitative estimate of drug-likeness (QED) is 0.500. The number of oxime groups is 1. The van der Waals surface area contributed by atoms with Crippen LogP contribution in [0, 0.1) is 0 Å². The minimum absolute atomic E-state index is 0.448. The molecule has 1 aromatic carbocycles. The molecule has 0 saturated heterocycles. The molecule has 0 aliphatic carbocycles. The van der Waals surface area contributed by atoms with Crippen LogP contribution in [0.1, 0.15) is 5.76 Å². The van der Waals surface area contributed by atoms with Crippen molar-refractivity contribution >= 4 is 29.4 Å². The Kier molecular flexibility index (Phi) is 3.17. The summed E-state index contributed by atoms with van der Waals surface area (Å²) in [5.41, 5.74) is 0.739. The lowest BCUT2D eigenvalue weighted by molar-refractivity contribution is 0.321. The predicted molar refractivity (Wildman–Crippen MR) is 63.5 cm³/mol. The highest BCUT2D eigenvalue weighted by atomic mass is 35.5. The van der Waals surface area contributed by atoms with Crippen molar-refractivity contribution in [3.63, 3.8) is 0 Å². The molecule has 16 heavy (non-hydrogen) atoms. The minimum atomic E-state index is 0.448. The molecule has 0 unspecified atom stereocenters. The van der Waals surface area contributed by atoms with Crippen LogP contribution in [0.25, 0.3) is 11.3 Å². The van der Waals surface area contributed by atoms with Crippen LogP contribution in [0.4, 0.5) is 0 Å². The molecule has 3 nitrogen and oxygen atoms in total. The summed E-state index contributed by atoms with van der Waals surface area (Å²) in [6.45, 7) is 0. The number of nitrogens with zero attached hydrogens (tertiary/aromatic N) is 1. The molecule has 0 aliphatic heterocycles. The largest absolute Gasteiger partial charge is 0.455 e. The smallest absolute Gasteiger partial charge is 0.149 e. The summed E-state index contributed by atoms with van der Waals surface area (Å²) in [5.74, 6) is 1.04. The van der Waals surface area contributed by atoms with E-state index in [1.807, 2.05) is 0 Å². The van der Waals surface area contributed by atoms with Crippen molar-refractivity contribution in [3.8, 4) is 11.3 Å². The van der Waals surface area contributed by atoms with Crippen LogP contribution in [0.5, 0.6) is 0 Å². The SMILES string of the molecule is O/N=C/c1ccc(-c2ccc(Cl)cc2Cl)o1. The predicted octanol–water partition coefficient (Wildman–Crippen LogP) is 4.06. The van der Waals surface area contributed by atoms with E-state index in [-0.39, 0.29) is 0 Å². The highest BCUT2D eigenvalue weighted by Gasteiger charge is 2.08. The van der Waals surface area contributed by atoms with Gasteiger partial charge in [-0.05, 0) is 30.3 Å². The Morgan fingerprint density at radius 2 is 2.00 bits per heavy atom. The fourth-order valence-electron chi connectivity index (χ4n) is 1.31. The van der Waals surface area contributed by atoms with Crippen molar-refractivity contribution in [1.29, 1.82) is 0 Å². The Hall–Kier alpha value is -1.45. The molecule has 1 aromatic heterocycles. The molecule has 1 heterocycles. The zero-order valence-electron chi connectivity index (χ0n) is 8.02. The second-order valence-electron chi connectivity index (χ2n) is 3.07. The summed E-state index contributed by atoms with van der Waals surface area (Å²) in [6, 6.07) is 8.56. The third-order valence-electron chi connectivity index (χ3n) is 2.01. The molecule has 2 aromatic rings. The Labute approximate surface area is 102 Å². The van der Waals surface area contributed by atoms with Gasteiger partial charge in [-0.15, -0.1) is 0 Å². The van der Waals surface area contributed by atoms with Crippen LogP contribution in [-0.4, -0.2) is 11.4 Å². The first-order valence-electron chi connectivity index (χ1n) is 4.43. The second-order valence-corrected chi connectivity index (χ2v) is 3.91. The van der Waals surface area contributed by atoms with E-state index in [1.54, 1.807) is 30.3 Å². The maximum absolute atomic E-state index is 8.36. The summed E-state index contributed by atoms with van der Waals surface area (Å²) < 4.78 is 5.39. The van der Waals surface area contributed by atoms with E-state index < -0.39 is 0 Å². The molecule has 2 rings (SSSR count). The van der Waals surface area contributed by atoms with Gasteiger partial charge in [0, 0.05) is 10.6 Å². The Morgan fingerprint density at radius 1 is 1.19 bits per heavy atom. The fourth-order valence-corrected chi connectivity index (χ4v) is 1.81. The van der Waals surface area contributed by atoms with Gasteiger partial charge in [0.2, 0.25) is 0 Å².